The number of phenolic OH excluding ortho intramolecular Hbond substituents is 1. The van der Waals surface area contributed by atoms with E-state index in [1.165, 1.54) is 6.92 Å². The zero-order valence-corrected chi connectivity index (χ0v) is 22.6. The summed E-state index contributed by atoms with van der Waals surface area (Å²) in [5.74, 6) is 0.107. The third-order valence-electron chi connectivity index (χ3n) is 5.62. The summed E-state index contributed by atoms with van der Waals surface area (Å²) < 4.78 is 18.0. The van der Waals surface area contributed by atoms with Gasteiger partial charge in [-0.1, -0.05) is 13.3 Å². The van der Waals surface area contributed by atoms with Crippen LogP contribution in [0.1, 0.15) is 68.3 Å². The highest BCUT2D eigenvalue weighted by Gasteiger charge is 2.41. The molecular formula is C24H34O8S3. The molecule has 196 valence electrons. The third-order valence-corrected chi connectivity index (χ3v) is 11.2. The van der Waals surface area contributed by atoms with E-state index in [-0.39, 0.29) is 35.2 Å². The zero-order chi connectivity index (χ0) is 26.0. The lowest BCUT2D eigenvalue weighted by Crippen LogP contribution is -2.22. The largest absolute Gasteiger partial charge is 0.507 e. The van der Waals surface area contributed by atoms with Gasteiger partial charge >= 0.3 is 11.9 Å². The van der Waals surface area contributed by atoms with Crippen molar-refractivity contribution in [3.8, 4) is 11.5 Å². The van der Waals surface area contributed by atoms with E-state index in [9.17, 15) is 23.7 Å². The minimum Gasteiger partial charge on any atom is -0.507 e. The lowest BCUT2D eigenvalue weighted by molar-refractivity contribution is -0.137. The summed E-state index contributed by atoms with van der Waals surface area (Å²) in [6.45, 7) is 3.71. The first-order chi connectivity index (χ1) is 16.6. The Balaban J connectivity index is 1.85. The van der Waals surface area contributed by atoms with Gasteiger partial charge in [-0.15, -0.1) is 23.5 Å². The smallest absolute Gasteiger partial charge is 0.303 e. The summed E-state index contributed by atoms with van der Waals surface area (Å²) in [5, 5.41) is 28.6. The van der Waals surface area contributed by atoms with Crippen molar-refractivity contribution in [1.82, 2.24) is 0 Å². The van der Waals surface area contributed by atoms with Crippen LogP contribution in [-0.4, -0.2) is 70.4 Å². The second kappa shape index (κ2) is 14.1. The molecule has 0 spiro atoms. The summed E-state index contributed by atoms with van der Waals surface area (Å²) in [6.07, 6.45) is 2.66. The van der Waals surface area contributed by atoms with E-state index >= 15 is 0 Å². The molecule has 0 saturated carbocycles. The Morgan fingerprint density at radius 2 is 1.83 bits per heavy atom. The molecule has 1 aromatic carbocycles. The second-order valence-electron chi connectivity index (χ2n) is 8.51. The number of phenols is 1. The van der Waals surface area contributed by atoms with Gasteiger partial charge in [-0.3, -0.25) is 18.6 Å². The number of hydrogen-bond donors (Lipinski definition) is 3. The highest BCUT2D eigenvalue weighted by Crippen LogP contribution is 2.53. The van der Waals surface area contributed by atoms with Gasteiger partial charge in [0.2, 0.25) is 0 Å². The Labute approximate surface area is 217 Å². The number of carboxylic acid groups (broad SMARTS) is 2. The van der Waals surface area contributed by atoms with Crippen molar-refractivity contribution in [2.75, 3.05) is 23.9 Å². The predicted octanol–water partition coefficient (Wildman–Crippen LogP) is 4.34. The van der Waals surface area contributed by atoms with Crippen LogP contribution in [0.25, 0.3) is 0 Å². The fraction of sp³-hybridized carbons (Fsp3) is 0.625. The van der Waals surface area contributed by atoms with Gasteiger partial charge in [0.25, 0.3) is 0 Å². The fourth-order valence-electron chi connectivity index (χ4n) is 3.90. The summed E-state index contributed by atoms with van der Waals surface area (Å²) >= 11 is 3.17. The molecule has 2 unspecified atom stereocenters. The number of carbonyl (C=O) groups is 3. The van der Waals surface area contributed by atoms with Gasteiger partial charge < -0.3 is 20.1 Å². The Hall–Kier alpha value is -1.72. The van der Waals surface area contributed by atoms with Crippen molar-refractivity contribution in [3.63, 3.8) is 0 Å². The van der Waals surface area contributed by atoms with E-state index < -0.39 is 26.8 Å². The second-order valence-corrected chi connectivity index (χ2v) is 13.5. The highest BCUT2D eigenvalue weighted by atomic mass is 32.2. The molecule has 8 nitrogen and oxygen atoms in total. The first-order valence-electron chi connectivity index (χ1n) is 11.7. The van der Waals surface area contributed by atoms with Crippen molar-refractivity contribution in [1.29, 1.82) is 0 Å². The molecule has 1 saturated heterocycles. The molecule has 1 aliphatic rings. The molecular weight excluding hydrogens is 512 g/mol. The average Bonchev–Trinajstić information content (AvgIpc) is 3.19. The Kier molecular flexibility index (Phi) is 11.9. The number of hydrogen-bond acceptors (Lipinski definition) is 8. The van der Waals surface area contributed by atoms with Crippen molar-refractivity contribution >= 4 is 52.0 Å². The van der Waals surface area contributed by atoms with Gasteiger partial charge in [-0.05, 0) is 44.7 Å². The molecule has 2 rings (SSSR count). The predicted molar refractivity (Wildman–Crippen MR) is 140 cm³/mol. The molecule has 1 fully saturated rings. The lowest BCUT2D eigenvalue weighted by atomic mass is 10.0. The fourth-order valence-corrected chi connectivity index (χ4v) is 9.43. The standard InChI is InChI=1S/C24H34O8S3/c1-3-5-19-20(7-6-18(16(2)25)23(19)30)32-12-4-13-35(31)15-17-14-33-24(34-17,10-8-21(26)27)11-9-22(28)29/h6-7,17,30H,3-5,8-15H2,1-2H3,(H,26,27)(H,28,29). The SMILES string of the molecule is CCCc1c(OCCCS(=O)CC2CSC(CCC(=O)O)(CCC(=O)O)S2)ccc(C(C)=O)c1O. The average molecular weight is 547 g/mol. The van der Waals surface area contributed by atoms with Crippen molar-refractivity contribution in [3.05, 3.63) is 23.3 Å². The van der Waals surface area contributed by atoms with Crippen LogP contribution in [-0.2, 0) is 26.8 Å². The summed E-state index contributed by atoms with van der Waals surface area (Å²) in [7, 11) is -1.09. The van der Waals surface area contributed by atoms with Crippen molar-refractivity contribution < 1.29 is 38.6 Å². The monoisotopic (exact) mass is 546 g/mol. The Morgan fingerprint density at radius 3 is 2.40 bits per heavy atom. The maximum absolute atomic E-state index is 12.7. The molecule has 0 aromatic heterocycles. The number of carboxylic acids is 2. The summed E-state index contributed by atoms with van der Waals surface area (Å²) in [4.78, 5) is 33.8. The number of thioether (sulfide) groups is 2. The molecule has 0 radical (unpaired) electrons. The van der Waals surface area contributed by atoms with Crippen molar-refractivity contribution in [2.24, 2.45) is 0 Å². The molecule has 11 heteroatoms. The quantitative estimate of drug-likeness (QED) is 0.203. The lowest BCUT2D eigenvalue weighted by Gasteiger charge is -2.26. The topological polar surface area (TPSA) is 138 Å². The van der Waals surface area contributed by atoms with Gasteiger partial charge in [-0.2, -0.15) is 0 Å². The van der Waals surface area contributed by atoms with Gasteiger partial charge in [0.05, 0.1) is 16.2 Å². The number of benzene rings is 1. The van der Waals surface area contributed by atoms with Gasteiger partial charge in [0, 0.05) is 51.7 Å². The number of ether oxygens (including phenoxy) is 1. The molecule has 1 aliphatic heterocycles. The molecule has 35 heavy (non-hydrogen) atoms. The maximum atomic E-state index is 12.7. The normalized spacial score (nSPS) is 17.7. The van der Waals surface area contributed by atoms with Crippen LogP contribution >= 0.6 is 23.5 Å². The summed E-state index contributed by atoms with van der Waals surface area (Å²) in [6, 6.07) is 3.25. The van der Waals surface area contributed by atoms with Gasteiger partial charge in [0.1, 0.15) is 11.5 Å². The number of aromatic hydroxyl groups is 1. The van der Waals surface area contributed by atoms with Gasteiger partial charge in [0.15, 0.2) is 5.78 Å². The number of carbonyl (C=O) groups excluding carboxylic acids is 1. The van der Waals surface area contributed by atoms with E-state index in [2.05, 4.69) is 0 Å². The molecule has 1 heterocycles. The minimum absolute atomic E-state index is 0.0181. The van der Waals surface area contributed by atoms with E-state index in [0.717, 1.165) is 6.42 Å². The van der Waals surface area contributed by atoms with Crippen LogP contribution in [0.4, 0.5) is 0 Å². The molecule has 0 bridgehead atoms. The van der Waals surface area contributed by atoms with Crippen molar-refractivity contribution in [2.45, 2.75) is 68.1 Å². The Morgan fingerprint density at radius 1 is 1.17 bits per heavy atom. The van der Waals surface area contributed by atoms with Gasteiger partial charge in [-0.25, -0.2) is 0 Å². The maximum Gasteiger partial charge on any atom is 0.303 e. The third kappa shape index (κ3) is 9.34. The van der Waals surface area contributed by atoms with Crippen LogP contribution in [0, 0.1) is 0 Å². The number of Topliss-reactive ketones (excluding diaryl/α,β-unsaturated/α-hetero) is 1. The van der Waals surface area contributed by atoms with E-state index in [1.807, 2.05) is 6.92 Å². The van der Waals surface area contributed by atoms with E-state index in [1.54, 1.807) is 35.7 Å². The summed E-state index contributed by atoms with van der Waals surface area (Å²) in [5.41, 5.74) is 0.886. The molecule has 3 N–H and O–H groups in total. The first-order valence-corrected chi connectivity index (χ1v) is 15.0. The number of rotatable bonds is 16. The minimum atomic E-state index is -1.09. The highest BCUT2D eigenvalue weighted by molar-refractivity contribution is 8.21. The molecule has 2 atom stereocenters. The molecule has 0 aliphatic carbocycles. The van der Waals surface area contributed by atoms with Crippen LogP contribution in [0.3, 0.4) is 0 Å². The molecule has 0 amide bonds. The van der Waals surface area contributed by atoms with Crippen LogP contribution in [0.2, 0.25) is 0 Å². The Bertz CT molecular complexity index is 916. The van der Waals surface area contributed by atoms with E-state index in [0.29, 0.717) is 60.9 Å². The number of ketones is 1. The zero-order valence-electron chi connectivity index (χ0n) is 20.1. The number of aliphatic carboxylic acids is 2. The van der Waals surface area contributed by atoms with Crippen LogP contribution in [0.5, 0.6) is 11.5 Å². The van der Waals surface area contributed by atoms with Crippen LogP contribution < -0.4 is 4.74 Å². The molecule has 1 aromatic rings. The van der Waals surface area contributed by atoms with Crippen LogP contribution in [0.15, 0.2) is 12.1 Å². The van der Waals surface area contributed by atoms with E-state index in [4.69, 9.17) is 14.9 Å². The first kappa shape index (κ1) is 29.5.